The number of urea groups is 1. The van der Waals surface area contributed by atoms with Gasteiger partial charge >= 0.3 is 6.03 Å². The van der Waals surface area contributed by atoms with Gasteiger partial charge in [0, 0.05) is 30.9 Å². The third-order valence-corrected chi connectivity index (χ3v) is 4.98. The average molecular weight is 384 g/mol. The summed E-state index contributed by atoms with van der Waals surface area (Å²) in [6.07, 6.45) is 0.921. The lowest BCUT2D eigenvalue weighted by Gasteiger charge is -2.20. The smallest absolute Gasteiger partial charge is 0.312 e. The number of halogens is 1. The van der Waals surface area contributed by atoms with Crippen molar-refractivity contribution in [2.24, 2.45) is 11.7 Å². The summed E-state index contributed by atoms with van der Waals surface area (Å²) in [6.45, 7) is 2.37. The highest BCUT2D eigenvalue weighted by Gasteiger charge is 2.24. The fourth-order valence-electron chi connectivity index (χ4n) is 3.56. The first-order chi connectivity index (χ1) is 13.5. The van der Waals surface area contributed by atoms with Crippen molar-refractivity contribution in [3.63, 3.8) is 0 Å². The number of para-hydroxylation sites is 1. The topological polar surface area (TPSA) is 87.5 Å². The first kappa shape index (κ1) is 19.7. The van der Waals surface area contributed by atoms with E-state index < -0.39 is 17.9 Å². The van der Waals surface area contributed by atoms with Gasteiger partial charge < -0.3 is 21.3 Å². The number of hydrogen-bond donors (Lipinski definition) is 3. The molecule has 7 heteroatoms. The van der Waals surface area contributed by atoms with Crippen molar-refractivity contribution in [1.29, 1.82) is 0 Å². The van der Waals surface area contributed by atoms with E-state index in [1.54, 1.807) is 12.1 Å². The van der Waals surface area contributed by atoms with Crippen LogP contribution in [0.1, 0.15) is 24.4 Å². The lowest BCUT2D eigenvalue weighted by Crippen LogP contribution is -2.38. The van der Waals surface area contributed by atoms with Crippen molar-refractivity contribution in [2.45, 2.75) is 18.9 Å². The first-order valence-electron chi connectivity index (χ1n) is 9.40. The molecule has 0 radical (unpaired) electrons. The van der Waals surface area contributed by atoms with Crippen LogP contribution in [0.5, 0.6) is 0 Å². The number of hydrogen-bond acceptors (Lipinski definition) is 3. The Morgan fingerprint density at radius 1 is 1.14 bits per heavy atom. The van der Waals surface area contributed by atoms with E-state index in [0.29, 0.717) is 12.5 Å². The molecule has 0 unspecified atom stereocenters. The van der Waals surface area contributed by atoms with E-state index in [1.807, 2.05) is 18.2 Å². The number of primary amides is 1. The predicted octanol–water partition coefficient (Wildman–Crippen LogP) is 2.57. The molecule has 4 N–H and O–H groups in total. The molecule has 3 amide bonds. The van der Waals surface area contributed by atoms with E-state index >= 15 is 0 Å². The van der Waals surface area contributed by atoms with Crippen LogP contribution in [0.2, 0.25) is 0 Å². The minimum atomic E-state index is -0.803. The molecule has 1 saturated heterocycles. The lowest BCUT2D eigenvalue weighted by molar-refractivity contribution is -0.121. The van der Waals surface area contributed by atoms with Crippen molar-refractivity contribution < 1.29 is 14.0 Å². The standard InChI is InChI=1S/C21H25FN4O2/c22-18-9-5-4-8-17(18)19(25-21(23)28)12-20(27)24-13-15-10-11-26(14-15)16-6-2-1-3-7-16/h1-9,15,19H,10-14H2,(H,24,27)(H3,23,25,28)/t15-,19+/m0/s1. The molecule has 2 aromatic rings. The molecule has 0 aliphatic carbocycles. The number of amides is 3. The van der Waals surface area contributed by atoms with E-state index in [1.165, 1.54) is 17.8 Å². The van der Waals surface area contributed by atoms with Crippen molar-refractivity contribution in [3.8, 4) is 0 Å². The zero-order valence-electron chi connectivity index (χ0n) is 15.6. The van der Waals surface area contributed by atoms with E-state index in [4.69, 9.17) is 5.73 Å². The molecule has 3 rings (SSSR count). The van der Waals surface area contributed by atoms with E-state index in [-0.39, 0.29) is 17.9 Å². The Balaban J connectivity index is 1.52. The van der Waals surface area contributed by atoms with Gasteiger partial charge in [-0.2, -0.15) is 0 Å². The normalized spacial score (nSPS) is 17.2. The van der Waals surface area contributed by atoms with Crippen LogP contribution in [0.3, 0.4) is 0 Å². The highest BCUT2D eigenvalue weighted by molar-refractivity contribution is 5.78. The summed E-state index contributed by atoms with van der Waals surface area (Å²) in [5.74, 6) is -0.385. The summed E-state index contributed by atoms with van der Waals surface area (Å²) in [7, 11) is 0. The van der Waals surface area contributed by atoms with Crippen LogP contribution in [0.15, 0.2) is 54.6 Å². The van der Waals surface area contributed by atoms with Crippen LogP contribution < -0.4 is 21.3 Å². The van der Waals surface area contributed by atoms with Gasteiger partial charge in [0.15, 0.2) is 0 Å². The first-order valence-corrected chi connectivity index (χ1v) is 9.40. The summed E-state index contributed by atoms with van der Waals surface area (Å²) in [5, 5.41) is 5.36. The zero-order valence-corrected chi connectivity index (χ0v) is 15.6. The molecule has 28 heavy (non-hydrogen) atoms. The van der Waals surface area contributed by atoms with E-state index in [2.05, 4.69) is 27.7 Å². The fraction of sp³-hybridized carbons (Fsp3) is 0.333. The van der Waals surface area contributed by atoms with Crippen LogP contribution in [0, 0.1) is 11.7 Å². The predicted molar refractivity (Wildman–Crippen MR) is 106 cm³/mol. The number of carbonyl (C=O) groups excluding carboxylic acids is 2. The molecule has 2 atom stereocenters. The Morgan fingerprint density at radius 2 is 1.86 bits per heavy atom. The van der Waals surface area contributed by atoms with Gasteiger partial charge in [-0.25, -0.2) is 9.18 Å². The number of nitrogens with one attached hydrogen (secondary N) is 2. The molecular weight excluding hydrogens is 359 g/mol. The summed E-state index contributed by atoms with van der Waals surface area (Å²) in [5.41, 5.74) is 6.62. The Labute approximate surface area is 163 Å². The maximum absolute atomic E-state index is 14.0. The number of rotatable bonds is 7. The molecule has 0 saturated carbocycles. The Hall–Kier alpha value is -3.09. The molecular formula is C21H25FN4O2. The third-order valence-electron chi connectivity index (χ3n) is 4.98. The molecule has 1 aliphatic heterocycles. The lowest BCUT2D eigenvalue weighted by atomic mass is 10.0. The summed E-state index contributed by atoms with van der Waals surface area (Å²) in [6, 6.07) is 14.6. The largest absolute Gasteiger partial charge is 0.371 e. The summed E-state index contributed by atoms with van der Waals surface area (Å²) in [4.78, 5) is 26.0. The monoisotopic (exact) mass is 384 g/mol. The minimum absolute atomic E-state index is 0.0704. The second-order valence-corrected chi connectivity index (χ2v) is 7.03. The van der Waals surface area contributed by atoms with Crippen LogP contribution in [0.4, 0.5) is 14.9 Å². The van der Waals surface area contributed by atoms with Crippen LogP contribution in [0.25, 0.3) is 0 Å². The Bertz CT molecular complexity index is 815. The van der Waals surface area contributed by atoms with Crippen LogP contribution >= 0.6 is 0 Å². The highest BCUT2D eigenvalue weighted by Crippen LogP contribution is 2.23. The maximum Gasteiger partial charge on any atom is 0.312 e. The van der Waals surface area contributed by atoms with Crippen molar-refractivity contribution in [3.05, 3.63) is 66.0 Å². The number of nitrogens with two attached hydrogens (primary N) is 1. The van der Waals surface area contributed by atoms with Gasteiger partial charge in [-0.1, -0.05) is 36.4 Å². The molecule has 1 fully saturated rings. The second-order valence-electron chi connectivity index (χ2n) is 7.03. The van der Waals surface area contributed by atoms with Crippen LogP contribution in [-0.2, 0) is 4.79 Å². The minimum Gasteiger partial charge on any atom is -0.371 e. The molecule has 0 bridgehead atoms. The third kappa shape index (κ3) is 5.22. The molecule has 1 heterocycles. The maximum atomic E-state index is 14.0. The molecule has 0 aromatic heterocycles. The molecule has 1 aliphatic rings. The van der Waals surface area contributed by atoms with Crippen molar-refractivity contribution in [1.82, 2.24) is 10.6 Å². The molecule has 6 nitrogen and oxygen atoms in total. The zero-order chi connectivity index (χ0) is 19.9. The fourth-order valence-corrected chi connectivity index (χ4v) is 3.56. The van der Waals surface area contributed by atoms with Crippen molar-refractivity contribution in [2.75, 3.05) is 24.5 Å². The van der Waals surface area contributed by atoms with Gasteiger partial charge in [0.25, 0.3) is 0 Å². The van der Waals surface area contributed by atoms with E-state index in [0.717, 1.165) is 19.5 Å². The highest BCUT2D eigenvalue weighted by atomic mass is 19.1. The quantitative estimate of drug-likeness (QED) is 0.686. The molecule has 148 valence electrons. The van der Waals surface area contributed by atoms with Gasteiger partial charge in [-0.05, 0) is 30.5 Å². The number of anilines is 1. The number of carbonyl (C=O) groups is 2. The molecule has 0 spiro atoms. The summed E-state index contributed by atoms with van der Waals surface area (Å²) >= 11 is 0. The van der Waals surface area contributed by atoms with Gasteiger partial charge in [0.05, 0.1) is 12.5 Å². The van der Waals surface area contributed by atoms with Crippen LogP contribution in [-0.4, -0.2) is 31.6 Å². The average Bonchev–Trinajstić information content (AvgIpc) is 3.16. The Kier molecular flexibility index (Phi) is 6.47. The SMILES string of the molecule is NC(=O)N[C@H](CC(=O)NC[C@@H]1CCN(c2ccccc2)C1)c1ccccc1F. The Morgan fingerprint density at radius 3 is 2.57 bits per heavy atom. The van der Waals surface area contributed by atoms with Gasteiger partial charge in [-0.3, -0.25) is 4.79 Å². The number of benzene rings is 2. The summed E-state index contributed by atoms with van der Waals surface area (Å²) < 4.78 is 14.0. The van der Waals surface area contributed by atoms with Gasteiger partial charge in [0.2, 0.25) is 5.91 Å². The van der Waals surface area contributed by atoms with E-state index in [9.17, 15) is 14.0 Å². The second kappa shape index (κ2) is 9.21. The van der Waals surface area contributed by atoms with Gasteiger partial charge in [0.1, 0.15) is 5.82 Å². The van der Waals surface area contributed by atoms with Gasteiger partial charge in [-0.15, -0.1) is 0 Å². The molecule has 2 aromatic carbocycles. The van der Waals surface area contributed by atoms with Crippen molar-refractivity contribution >= 4 is 17.6 Å². The number of nitrogens with zero attached hydrogens (tertiary/aromatic N) is 1.